The highest BCUT2D eigenvalue weighted by Crippen LogP contribution is 2.30. The number of carbonyl (C=O) groups is 1. The number of para-hydroxylation sites is 1. The Morgan fingerprint density at radius 2 is 1.97 bits per heavy atom. The van der Waals surface area contributed by atoms with Crippen LogP contribution in [0.1, 0.15) is 5.56 Å². The highest BCUT2D eigenvalue weighted by molar-refractivity contribution is 9.10. The molecule has 0 saturated carbocycles. The molecule has 0 atom stereocenters. The van der Waals surface area contributed by atoms with Crippen LogP contribution in [-0.2, 0) is 4.79 Å². The van der Waals surface area contributed by atoms with Gasteiger partial charge in [-0.1, -0.05) is 52.0 Å². The van der Waals surface area contributed by atoms with Crippen molar-refractivity contribution in [3.63, 3.8) is 0 Å². The second-order valence-electron chi connectivity index (χ2n) is 6.26. The van der Waals surface area contributed by atoms with Gasteiger partial charge in [0, 0.05) is 15.8 Å². The van der Waals surface area contributed by atoms with Crippen LogP contribution in [0.15, 0.2) is 75.7 Å². The van der Waals surface area contributed by atoms with Gasteiger partial charge in [-0.05, 0) is 54.3 Å². The molecule has 5 nitrogen and oxygen atoms in total. The van der Waals surface area contributed by atoms with E-state index in [9.17, 15) is 4.79 Å². The molecule has 4 aromatic rings. The Balaban J connectivity index is 1.54. The lowest BCUT2D eigenvalue weighted by Crippen LogP contribution is -2.14. The SMILES string of the molecule is Cc1cc(NC(=O)CSc2nnc(-c3cccs3)n2-c2ccccc2)ccc1Br. The summed E-state index contributed by atoms with van der Waals surface area (Å²) in [5.41, 5.74) is 2.81. The van der Waals surface area contributed by atoms with Crippen LogP contribution in [0.4, 0.5) is 5.69 Å². The average Bonchev–Trinajstić information content (AvgIpc) is 3.39. The van der Waals surface area contributed by atoms with Crippen molar-refractivity contribution < 1.29 is 4.79 Å². The van der Waals surface area contributed by atoms with Crippen LogP contribution in [0.3, 0.4) is 0 Å². The predicted octanol–water partition coefficient (Wildman–Crippen LogP) is 5.80. The van der Waals surface area contributed by atoms with E-state index >= 15 is 0 Å². The van der Waals surface area contributed by atoms with Gasteiger partial charge < -0.3 is 5.32 Å². The minimum atomic E-state index is -0.0861. The lowest BCUT2D eigenvalue weighted by Gasteiger charge is -2.10. The van der Waals surface area contributed by atoms with Gasteiger partial charge in [0.1, 0.15) is 0 Å². The molecule has 0 bridgehead atoms. The van der Waals surface area contributed by atoms with Gasteiger partial charge in [0.2, 0.25) is 5.91 Å². The fourth-order valence-electron chi connectivity index (χ4n) is 2.79. The molecule has 0 unspecified atom stereocenters. The Bertz CT molecular complexity index is 1130. The van der Waals surface area contributed by atoms with Gasteiger partial charge in [-0.25, -0.2) is 0 Å². The van der Waals surface area contributed by atoms with E-state index in [1.54, 1.807) is 11.3 Å². The third-order valence-corrected chi connectivity index (χ3v) is 6.85. The topological polar surface area (TPSA) is 59.8 Å². The third kappa shape index (κ3) is 4.60. The summed E-state index contributed by atoms with van der Waals surface area (Å²) >= 11 is 6.45. The standard InChI is InChI=1S/C21H17BrN4OS2/c1-14-12-15(9-10-17(14)22)23-19(27)13-29-21-25-24-20(18-8-5-11-28-18)26(21)16-6-3-2-4-7-16/h2-12H,13H2,1H3,(H,23,27). The normalized spacial score (nSPS) is 10.8. The summed E-state index contributed by atoms with van der Waals surface area (Å²) in [6, 6.07) is 19.7. The number of aryl methyl sites for hydroxylation is 1. The molecule has 146 valence electrons. The smallest absolute Gasteiger partial charge is 0.234 e. The number of rotatable bonds is 6. The zero-order valence-corrected chi connectivity index (χ0v) is 18.7. The number of aromatic nitrogens is 3. The van der Waals surface area contributed by atoms with Crippen molar-refractivity contribution in [2.75, 3.05) is 11.1 Å². The molecule has 0 fully saturated rings. The maximum atomic E-state index is 12.5. The second-order valence-corrected chi connectivity index (χ2v) is 9.00. The summed E-state index contributed by atoms with van der Waals surface area (Å²) in [5, 5.41) is 14.4. The molecule has 0 radical (unpaired) electrons. The first-order valence-corrected chi connectivity index (χ1v) is 11.5. The minimum Gasteiger partial charge on any atom is -0.325 e. The van der Waals surface area contributed by atoms with Crippen molar-refractivity contribution in [3.05, 3.63) is 76.1 Å². The van der Waals surface area contributed by atoms with Crippen LogP contribution < -0.4 is 5.32 Å². The largest absolute Gasteiger partial charge is 0.325 e. The van der Waals surface area contributed by atoms with Crippen LogP contribution in [0.25, 0.3) is 16.4 Å². The van der Waals surface area contributed by atoms with Gasteiger partial charge in [-0.2, -0.15) is 0 Å². The maximum Gasteiger partial charge on any atom is 0.234 e. The van der Waals surface area contributed by atoms with Gasteiger partial charge in [0.25, 0.3) is 0 Å². The predicted molar refractivity (Wildman–Crippen MR) is 123 cm³/mol. The molecule has 8 heteroatoms. The van der Waals surface area contributed by atoms with Gasteiger partial charge in [-0.15, -0.1) is 21.5 Å². The Labute approximate surface area is 185 Å². The van der Waals surface area contributed by atoms with Crippen LogP contribution in [0, 0.1) is 6.92 Å². The van der Waals surface area contributed by atoms with Crippen molar-refractivity contribution in [2.45, 2.75) is 12.1 Å². The van der Waals surface area contributed by atoms with Gasteiger partial charge in [0.05, 0.1) is 10.6 Å². The monoisotopic (exact) mass is 484 g/mol. The molecule has 2 aromatic carbocycles. The second kappa shape index (κ2) is 8.94. The van der Waals surface area contributed by atoms with E-state index in [4.69, 9.17) is 0 Å². The van der Waals surface area contributed by atoms with Crippen molar-refractivity contribution in [3.8, 4) is 16.4 Å². The maximum absolute atomic E-state index is 12.5. The Morgan fingerprint density at radius 3 is 2.69 bits per heavy atom. The Morgan fingerprint density at radius 1 is 1.14 bits per heavy atom. The number of halogens is 1. The lowest BCUT2D eigenvalue weighted by molar-refractivity contribution is -0.113. The third-order valence-electron chi connectivity index (χ3n) is 4.16. The van der Waals surface area contributed by atoms with Gasteiger partial charge >= 0.3 is 0 Å². The van der Waals surface area contributed by atoms with Crippen molar-refractivity contribution in [1.29, 1.82) is 0 Å². The molecule has 0 aliphatic heterocycles. The van der Waals surface area contributed by atoms with E-state index in [1.165, 1.54) is 11.8 Å². The zero-order valence-electron chi connectivity index (χ0n) is 15.5. The van der Waals surface area contributed by atoms with E-state index in [0.717, 1.165) is 32.1 Å². The quantitative estimate of drug-likeness (QED) is 0.351. The van der Waals surface area contributed by atoms with Crippen molar-refractivity contribution in [1.82, 2.24) is 14.8 Å². The number of nitrogens with one attached hydrogen (secondary N) is 1. The number of carbonyl (C=O) groups excluding carboxylic acids is 1. The molecular weight excluding hydrogens is 468 g/mol. The fourth-order valence-corrected chi connectivity index (χ4v) is 4.49. The average molecular weight is 485 g/mol. The molecule has 4 rings (SSSR count). The van der Waals surface area contributed by atoms with Crippen LogP contribution >= 0.6 is 39.0 Å². The molecule has 0 aliphatic rings. The summed E-state index contributed by atoms with van der Waals surface area (Å²) in [6.45, 7) is 1.99. The van der Waals surface area contributed by atoms with Crippen molar-refractivity contribution in [2.24, 2.45) is 0 Å². The summed E-state index contributed by atoms with van der Waals surface area (Å²) in [4.78, 5) is 13.5. The van der Waals surface area contributed by atoms with E-state index < -0.39 is 0 Å². The van der Waals surface area contributed by atoms with Crippen LogP contribution in [0.5, 0.6) is 0 Å². The van der Waals surface area contributed by atoms with Crippen LogP contribution in [0.2, 0.25) is 0 Å². The van der Waals surface area contributed by atoms with Gasteiger partial charge in [0.15, 0.2) is 11.0 Å². The number of thiophene rings is 1. The first kappa shape index (κ1) is 19.9. The van der Waals surface area contributed by atoms with Crippen LogP contribution in [-0.4, -0.2) is 26.4 Å². The Hall–Kier alpha value is -2.42. The van der Waals surface area contributed by atoms with E-state index in [1.807, 2.05) is 77.5 Å². The first-order valence-electron chi connectivity index (χ1n) is 8.85. The number of nitrogens with zero attached hydrogens (tertiary/aromatic N) is 3. The molecule has 2 aromatic heterocycles. The Kier molecular flexibility index (Phi) is 6.13. The number of hydrogen-bond donors (Lipinski definition) is 1. The van der Waals surface area contributed by atoms with E-state index in [-0.39, 0.29) is 11.7 Å². The molecule has 0 spiro atoms. The lowest BCUT2D eigenvalue weighted by atomic mass is 10.2. The number of benzene rings is 2. The summed E-state index contributed by atoms with van der Waals surface area (Å²) < 4.78 is 3.01. The number of thioether (sulfide) groups is 1. The molecule has 2 heterocycles. The zero-order chi connectivity index (χ0) is 20.2. The summed E-state index contributed by atoms with van der Waals surface area (Å²) in [6.07, 6.45) is 0. The minimum absolute atomic E-state index is 0.0861. The van der Waals surface area contributed by atoms with Crippen molar-refractivity contribution >= 4 is 50.6 Å². The highest BCUT2D eigenvalue weighted by atomic mass is 79.9. The fraction of sp³-hybridized carbons (Fsp3) is 0.0952. The molecule has 1 amide bonds. The molecule has 29 heavy (non-hydrogen) atoms. The molecular formula is C21H17BrN4OS2. The van der Waals surface area contributed by atoms with E-state index in [2.05, 4.69) is 31.4 Å². The summed E-state index contributed by atoms with van der Waals surface area (Å²) in [7, 11) is 0. The number of anilines is 1. The van der Waals surface area contributed by atoms with Gasteiger partial charge in [-0.3, -0.25) is 9.36 Å². The summed E-state index contributed by atoms with van der Waals surface area (Å²) in [5.74, 6) is 0.930. The number of hydrogen-bond acceptors (Lipinski definition) is 5. The first-order chi connectivity index (χ1) is 14.1. The number of amides is 1. The molecule has 0 saturated heterocycles. The molecule has 1 N–H and O–H groups in total. The molecule has 0 aliphatic carbocycles. The van der Waals surface area contributed by atoms with E-state index in [0.29, 0.717) is 5.16 Å². The highest BCUT2D eigenvalue weighted by Gasteiger charge is 2.17.